The minimum Gasteiger partial charge on any atom is -0.497 e. The summed E-state index contributed by atoms with van der Waals surface area (Å²) in [6.45, 7) is 2.95. The summed E-state index contributed by atoms with van der Waals surface area (Å²) < 4.78 is 33.4. The molecule has 0 aliphatic rings. The van der Waals surface area contributed by atoms with Crippen molar-refractivity contribution in [1.82, 2.24) is 10.2 Å². The van der Waals surface area contributed by atoms with Crippen molar-refractivity contribution in [3.63, 3.8) is 0 Å². The van der Waals surface area contributed by atoms with Crippen LogP contribution in [-0.4, -0.2) is 56.3 Å². The second-order valence-electron chi connectivity index (χ2n) is 8.54. The third-order valence-electron chi connectivity index (χ3n) is 5.97. The van der Waals surface area contributed by atoms with Crippen molar-refractivity contribution >= 4 is 33.2 Å². The van der Waals surface area contributed by atoms with Gasteiger partial charge >= 0.3 is 0 Å². The molecule has 0 saturated heterocycles. The summed E-state index contributed by atoms with van der Waals surface area (Å²) in [5.41, 5.74) is 0.295. The van der Waals surface area contributed by atoms with Crippen LogP contribution >= 0.6 is 0 Å². The zero-order valence-corrected chi connectivity index (χ0v) is 22.6. The topological polar surface area (TPSA) is 139 Å². The molecule has 0 unspecified atom stereocenters. The molecule has 2 amide bonds. The standard InChI is InChI=1S/C27H30N4O7S/c1-4-28-27(33)20(2)29(18-21-13-15-24(38-3)16-14-21)26(32)19-30(22-9-8-10-23(17-22)31(34)35)39(36,37)25-11-6-5-7-12-25/h5-17,20H,4,18-19H2,1-3H3,(H,28,33)/t20-/m0/s1. The largest absolute Gasteiger partial charge is 0.497 e. The Hall–Kier alpha value is -4.45. The predicted molar refractivity (Wildman–Crippen MR) is 146 cm³/mol. The molecule has 0 bridgehead atoms. The van der Waals surface area contributed by atoms with E-state index in [2.05, 4.69) is 5.32 Å². The Balaban J connectivity index is 2.05. The SMILES string of the molecule is CCNC(=O)[C@H](C)N(Cc1ccc(OC)cc1)C(=O)CN(c1cccc([N+](=O)[O-])c1)S(=O)(=O)c1ccccc1. The molecule has 12 heteroatoms. The first-order chi connectivity index (χ1) is 18.6. The Morgan fingerprint density at radius 1 is 1.03 bits per heavy atom. The van der Waals surface area contributed by atoms with Crippen molar-refractivity contribution in [2.45, 2.75) is 31.3 Å². The molecule has 0 saturated carbocycles. The van der Waals surface area contributed by atoms with E-state index in [0.29, 0.717) is 17.9 Å². The van der Waals surface area contributed by atoms with E-state index in [9.17, 15) is 28.1 Å². The number of ether oxygens (including phenoxy) is 1. The van der Waals surface area contributed by atoms with E-state index in [0.717, 1.165) is 10.4 Å². The maximum absolute atomic E-state index is 13.8. The van der Waals surface area contributed by atoms with Gasteiger partial charge in [0.05, 0.1) is 22.6 Å². The van der Waals surface area contributed by atoms with Crippen LogP contribution in [0, 0.1) is 10.1 Å². The number of nitrogens with one attached hydrogen (secondary N) is 1. The molecule has 0 fully saturated rings. The van der Waals surface area contributed by atoms with Crippen LogP contribution in [0.25, 0.3) is 0 Å². The van der Waals surface area contributed by atoms with Gasteiger partial charge in [-0.2, -0.15) is 0 Å². The number of hydrogen-bond acceptors (Lipinski definition) is 7. The first-order valence-electron chi connectivity index (χ1n) is 12.1. The van der Waals surface area contributed by atoms with Gasteiger partial charge in [0.1, 0.15) is 18.3 Å². The number of nitrogens with zero attached hydrogens (tertiary/aromatic N) is 3. The Morgan fingerprint density at radius 3 is 2.28 bits per heavy atom. The van der Waals surface area contributed by atoms with E-state index < -0.39 is 39.3 Å². The second-order valence-corrected chi connectivity index (χ2v) is 10.4. The number of nitro groups is 1. The Kier molecular flexibility index (Phi) is 9.61. The Labute approximate surface area is 227 Å². The van der Waals surface area contributed by atoms with Crippen LogP contribution in [-0.2, 0) is 26.2 Å². The number of benzene rings is 3. The molecular weight excluding hydrogens is 524 g/mol. The van der Waals surface area contributed by atoms with E-state index in [-0.39, 0.29) is 22.8 Å². The van der Waals surface area contributed by atoms with E-state index >= 15 is 0 Å². The zero-order valence-electron chi connectivity index (χ0n) is 21.8. The molecule has 3 aromatic carbocycles. The van der Waals surface area contributed by atoms with Crippen LogP contribution in [0.1, 0.15) is 19.4 Å². The monoisotopic (exact) mass is 554 g/mol. The maximum atomic E-state index is 13.8. The Bertz CT molecular complexity index is 1410. The van der Waals surface area contributed by atoms with Gasteiger partial charge in [-0.15, -0.1) is 0 Å². The van der Waals surface area contributed by atoms with E-state index in [1.54, 1.807) is 44.2 Å². The van der Waals surface area contributed by atoms with Gasteiger partial charge in [-0.1, -0.05) is 36.4 Å². The van der Waals surface area contributed by atoms with Gasteiger partial charge in [0, 0.05) is 25.2 Å². The summed E-state index contributed by atoms with van der Waals surface area (Å²) in [7, 11) is -2.79. The lowest BCUT2D eigenvalue weighted by atomic mass is 10.1. The van der Waals surface area contributed by atoms with Crippen LogP contribution in [0.5, 0.6) is 5.75 Å². The van der Waals surface area contributed by atoms with E-state index in [1.165, 1.54) is 54.5 Å². The fraction of sp³-hybridized carbons (Fsp3) is 0.259. The fourth-order valence-corrected chi connectivity index (χ4v) is 5.27. The third-order valence-corrected chi connectivity index (χ3v) is 7.76. The number of sulfonamides is 1. The Morgan fingerprint density at radius 2 is 1.69 bits per heavy atom. The molecule has 0 heterocycles. The van der Waals surface area contributed by atoms with Gasteiger partial charge in [0.25, 0.3) is 15.7 Å². The van der Waals surface area contributed by atoms with Crippen molar-refractivity contribution in [2.24, 2.45) is 0 Å². The van der Waals surface area contributed by atoms with Gasteiger partial charge < -0.3 is 15.0 Å². The van der Waals surface area contributed by atoms with Gasteiger partial charge in [-0.25, -0.2) is 8.42 Å². The third kappa shape index (κ3) is 7.11. The van der Waals surface area contributed by atoms with Crippen LogP contribution in [0.4, 0.5) is 11.4 Å². The summed E-state index contributed by atoms with van der Waals surface area (Å²) in [4.78, 5) is 38.5. The van der Waals surface area contributed by atoms with E-state index in [1.807, 2.05) is 0 Å². The average Bonchev–Trinajstić information content (AvgIpc) is 2.95. The summed E-state index contributed by atoms with van der Waals surface area (Å²) in [5, 5.41) is 14.1. The lowest BCUT2D eigenvalue weighted by molar-refractivity contribution is -0.384. The summed E-state index contributed by atoms with van der Waals surface area (Å²) in [6.07, 6.45) is 0. The predicted octanol–water partition coefficient (Wildman–Crippen LogP) is 3.35. The normalized spacial score (nSPS) is 11.8. The van der Waals surface area contributed by atoms with Crippen LogP contribution in [0.3, 0.4) is 0 Å². The highest BCUT2D eigenvalue weighted by atomic mass is 32.2. The quantitative estimate of drug-likeness (QED) is 0.268. The molecule has 0 spiro atoms. The highest BCUT2D eigenvalue weighted by Crippen LogP contribution is 2.27. The van der Waals surface area contributed by atoms with E-state index in [4.69, 9.17) is 4.74 Å². The highest BCUT2D eigenvalue weighted by Gasteiger charge is 2.33. The van der Waals surface area contributed by atoms with Crippen molar-refractivity contribution in [1.29, 1.82) is 0 Å². The van der Waals surface area contributed by atoms with Gasteiger partial charge in [0.15, 0.2) is 0 Å². The fourth-order valence-electron chi connectivity index (χ4n) is 3.84. The molecule has 206 valence electrons. The number of hydrogen-bond donors (Lipinski definition) is 1. The molecule has 0 radical (unpaired) electrons. The van der Waals surface area contributed by atoms with Gasteiger partial charge in [0.2, 0.25) is 11.8 Å². The molecule has 39 heavy (non-hydrogen) atoms. The molecule has 3 aromatic rings. The number of non-ortho nitro benzene ring substituents is 1. The molecule has 0 aromatic heterocycles. The summed E-state index contributed by atoms with van der Waals surface area (Å²) >= 11 is 0. The van der Waals surface area contributed by atoms with Gasteiger partial charge in [-0.05, 0) is 49.7 Å². The van der Waals surface area contributed by atoms with Crippen LogP contribution in [0.2, 0.25) is 0 Å². The number of methoxy groups -OCH3 is 1. The van der Waals surface area contributed by atoms with Crippen LogP contribution < -0.4 is 14.4 Å². The molecule has 11 nitrogen and oxygen atoms in total. The van der Waals surface area contributed by atoms with Crippen molar-refractivity contribution < 1.29 is 27.7 Å². The van der Waals surface area contributed by atoms with Crippen molar-refractivity contribution in [2.75, 3.05) is 24.5 Å². The smallest absolute Gasteiger partial charge is 0.271 e. The molecule has 1 atom stereocenters. The number of carbonyl (C=O) groups is 2. The molecular formula is C27H30N4O7S. The lowest BCUT2D eigenvalue weighted by Crippen LogP contribution is -2.51. The molecule has 0 aliphatic carbocycles. The molecule has 3 rings (SSSR count). The maximum Gasteiger partial charge on any atom is 0.271 e. The molecule has 0 aliphatic heterocycles. The van der Waals surface area contributed by atoms with Crippen molar-refractivity contribution in [3.8, 4) is 5.75 Å². The number of nitro benzene ring substituents is 1. The first-order valence-corrected chi connectivity index (χ1v) is 13.5. The number of likely N-dealkylation sites (N-methyl/N-ethyl adjacent to an activating group) is 1. The average molecular weight is 555 g/mol. The minimum absolute atomic E-state index is 0.00922. The number of rotatable bonds is 12. The highest BCUT2D eigenvalue weighted by molar-refractivity contribution is 7.92. The lowest BCUT2D eigenvalue weighted by Gasteiger charge is -2.32. The summed E-state index contributed by atoms with van der Waals surface area (Å²) in [5.74, 6) is -0.470. The first kappa shape index (κ1) is 29.1. The van der Waals surface area contributed by atoms with Crippen molar-refractivity contribution in [3.05, 3.63) is 94.5 Å². The molecule has 1 N–H and O–H groups in total. The van der Waals surface area contributed by atoms with Gasteiger partial charge in [-0.3, -0.25) is 24.0 Å². The van der Waals surface area contributed by atoms with Crippen LogP contribution in [0.15, 0.2) is 83.8 Å². The minimum atomic E-state index is -4.32. The number of amides is 2. The number of anilines is 1. The summed E-state index contributed by atoms with van der Waals surface area (Å²) in [6, 6.07) is 18.5. The number of carbonyl (C=O) groups excluding carboxylic acids is 2. The second kappa shape index (κ2) is 12.9. The zero-order chi connectivity index (χ0) is 28.6.